The van der Waals surface area contributed by atoms with E-state index in [1.54, 1.807) is 29.2 Å². The summed E-state index contributed by atoms with van der Waals surface area (Å²) in [5.41, 5.74) is 0.707. The number of amides is 2. The zero-order valence-corrected chi connectivity index (χ0v) is 11.4. The van der Waals surface area contributed by atoms with Gasteiger partial charge in [-0.3, -0.25) is 4.79 Å². The molecule has 0 aliphatic carbocycles. The number of hydrogen-bond acceptors (Lipinski definition) is 2. The van der Waals surface area contributed by atoms with Gasteiger partial charge in [0.2, 0.25) is 0 Å². The summed E-state index contributed by atoms with van der Waals surface area (Å²) in [6.07, 6.45) is 3.20. The maximum Gasteiger partial charge on any atom is 0.317 e. The number of carbonyl (C=O) groups is 2. The summed E-state index contributed by atoms with van der Waals surface area (Å²) >= 11 is 0. The summed E-state index contributed by atoms with van der Waals surface area (Å²) in [5.74, 6) is -1.62. The summed E-state index contributed by atoms with van der Waals surface area (Å²) in [6, 6.07) is 8.83. The molecule has 1 saturated heterocycles. The topological polar surface area (TPSA) is 69.6 Å². The lowest BCUT2D eigenvalue weighted by molar-refractivity contribution is -0.138. The third-order valence-electron chi connectivity index (χ3n) is 3.60. The van der Waals surface area contributed by atoms with Crippen molar-refractivity contribution in [1.82, 2.24) is 10.2 Å². The minimum absolute atomic E-state index is 0.120. The molecule has 0 bridgehead atoms. The number of carboxylic acid groups (broad SMARTS) is 1. The molecule has 20 heavy (non-hydrogen) atoms. The molecule has 0 radical (unpaired) electrons. The molecular formula is C15H20N2O3. The fraction of sp³-hybridized carbons (Fsp3) is 0.467. The van der Waals surface area contributed by atoms with Crippen LogP contribution in [0.1, 0.15) is 30.7 Å². The maximum atomic E-state index is 12.0. The van der Waals surface area contributed by atoms with E-state index in [1.807, 2.05) is 6.07 Å². The van der Waals surface area contributed by atoms with Gasteiger partial charge in [-0.1, -0.05) is 30.3 Å². The number of carboxylic acids is 1. The van der Waals surface area contributed by atoms with Gasteiger partial charge < -0.3 is 15.3 Å². The minimum atomic E-state index is -0.921. The molecule has 1 atom stereocenters. The number of nitrogens with zero attached hydrogens (tertiary/aromatic N) is 1. The first-order valence-corrected chi connectivity index (χ1v) is 6.99. The zero-order valence-electron chi connectivity index (χ0n) is 11.4. The molecule has 1 aromatic carbocycles. The Morgan fingerprint density at radius 1 is 1.15 bits per heavy atom. The Kier molecular flexibility index (Phi) is 4.98. The highest BCUT2D eigenvalue weighted by Gasteiger charge is 2.22. The molecule has 5 nitrogen and oxygen atoms in total. The highest BCUT2D eigenvalue weighted by Crippen LogP contribution is 2.15. The summed E-state index contributed by atoms with van der Waals surface area (Å²) < 4.78 is 0. The number of nitrogens with one attached hydrogen (secondary N) is 1. The van der Waals surface area contributed by atoms with Crippen LogP contribution in [0.3, 0.4) is 0 Å². The second-order valence-corrected chi connectivity index (χ2v) is 5.04. The molecule has 1 aliphatic rings. The first kappa shape index (κ1) is 14.4. The molecule has 1 aliphatic heterocycles. The van der Waals surface area contributed by atoms with Crippen molar-refractivity contribution in [2.45, 2.75) is 25.2 Å². The van der Waals surface area contributed by atoms with Crippen molar-refractivity contribution < 1.29 is 14.7 Å². The fourth-order valence-corrected chi connectivity index (χ4v) is 2.43. The van der Waals surface area contributed by atoms with Gasteiger partial charge in [0.25, 0.3) is 0 Å². The van der Waals surface area contributed by atoms with Crippen LogP contribution in [0, 0.1) is 0 Å². The minimum Gasteiger partial charge on any atom is -0.481 e. The van der Waals surface area contributed by atoms with Gasteiger partial charge in [-0.15, -0.1) is 0 Å². The van der Waals surface area contributed by atoms with Crippen LogP contribution >= 0.6 is 0 Å². The number of hydrogen-bond donors (Lipinski definition) is 2. The number of aliphatic carboxylic acids is 1. The van der Waals surface area contributed by atoms with Crippen LogP contribution in [0.2, 0.25) is 0 Å². The molecule has 0 aromatic heterocycles. The van der Waals surface area contributed by atoms with Gasteiger partial charge in [0.05, 0.1) is 5.92 Å². The van der Waals surface area contributed by atoms with E-state index < -0.39 is 11.9 Å². The fourth-order valence-electron chi connectivity index (χ4n) is 2.43. The predicted molar refractivity (Wildman–Crippen MR) is 75.6 cm³/mol. The quantitative estimate of drug-likeness (QED) is 0.884. The van der Waals surface area contributed by atoms with Gasteiger partial charge in [0.15, 0.2) is 0 Å². The Labute approximate surface area is 118 Å². The summed E-state index contributed by atoms with van der Waals surface area (Å²) in [6.45, 7) is 1.64. The van der Waals surface area contributed by atoms with Gasteiger partial charge >= 0.3 is 12.0 Å². The normalized spacial score (nSPS) is 16.5. The number of benzene rings is 1. The molecule has 108 valence electrons. The molecule has 2 rings (SSSR count). The van der Waals surface area contributed by atoms with E-state index in [-0.39, 0.29) is 12.6 Å². The maximum absolute atomic E-state index is 12.0. The smallest absolute Gasteiger partial charge is 0.317 e. The average Bonchev–Trinajstić information content (AvgIpc) is 2.49. The number of urea groups is 1. The molecule has 0 saturated carbocycles. The first-order valence-electron chi connectivity index (χ1n) is 6.99. The lowest BCUT2D eigenvalue weighted by atomic mass is 9.99. The first-order chi connectivity index (χ1) is 9.68. The van der Waals surface area contributed by atoms with Crippen molar-refractivity contribution in [2.75, 3.05) is 19.6 Å². The molecule has 2 amide bonds. The van der Waals surface area contributed by atoms with Crippen molar-refractivity contribution in [2.24, 2.45) is 0 Å². The van der Waals surface area contributed by atoms with E-state index in [4.69, 9.17) is 0 Å². The second-order valence-electron chi connectivity index (χ2n) is 5.04. The van der Waals surface area contributed by atoms with Crippen molar-refractivity contribution in [3.8, 4) is 0 Å². The standard InChI is InChI=1S/C15H20N2O3/c18-14(19)13(12-7-3-1-4-8-12)11-16-15(20)17-9-5-2-6-10-17/h1,3-4,7-8,13H,2,5-6,9-11H2,(H,16,20)(H,18,19). The highest BCUT2D eigenvalue weighted by atomic mass is 16.4. The molecular weight excluding hydrogens is 256 g/mol. The number of piperidine rings is 1. The molecule has 1 fully saturated rings. The third-order valence-corrected chi connectivity index (χ3v) is 3.60. The zero-order chi connectivity index (χ0) is 14.4. The van der Waals surface area contributed by atoms with Crippen LogP contribution in [-0.2, 0) is 4.79 Å². The molecule has 2 N–H and O–H groups in total. The Balaban J connectivity index is 1.92. The van der Waals surface area contributed by atoms with Gasteiger partial charge in [0, 0.05) is 19.6 Å². The number of carbonyl (C=O) groups excluding carboxylic acids is 1. The molecule has 0 spiro atoms. The molecule has 5 heteroatoms. The second kappa shape index (κ2) is 6.93. The van der Waals surface area contributed by atoms with Gasteiger partial charge in [-0.2, -0.15) is 0 Å². The number of likely N-dealkylation sites (tertiary alicyclic amines) is 1. The molecule has 1 heterocycles. The van der Waals surface area contributed by atoms with Crippen LogP contribution in [0.25, 0.3) is 0 Å². The summed E-state index contributed by atoms with van der Waals surface area (Å²) in [4.78, 5) is 25.1. The van der Waals surface area contributed by atoms with Crippen molar-refractivity contribution in [3.05, 3.63) is 35.9 Å². The van der Waals surface area contributed by atoms with Crippen LogP contribution in [0.5, 0.6) is 0 Å². The van der Waals surface area contributed by atoms with Crippen LogP contribution in [0.4, 0.5) is 4.79 Å². The van der Waals surface area contributed by atoms with E-state index in [2.05, 4.69) is 5.32 Å². The average molecular weight is 276 g/mol. The Morgan fingerprint density at radius 3 is 2.40 bits per heavy atom. The van der Waals surface area contributed by atoms with Gasteiger partial charge in [0.1, 0.15) is 0 Å². The summed E-state index contributed by atoms with van der Waals surface area (Å²) in [7, 11) is 0. The summed E-state index contributed by atoms with van der Waals surface area (Å²) in [5, 5.41) is 12.0. The SMILES string of the molecule is O=C(O)C(CNC(=O)N1CCCCC1)c1ccccc1. The largest absolute Gasteiger partial charge is 0.481 e. The van der Waals surface area contributed by atoms with E-state index in [0.717, 1.165) is 32.4 Å². The monoisotopic (exact) mass is 276 g/mol. The van der Waals surface area contributed by atoms with E-state index in [0.29, 0.717) is 5.56 Å². The van der Waals surface area contributed by atoms with Crippen LogP contribution in [0.15, 0.2) is 30.3 Å². The Morgan fingerprint density at radius 2 is 1.80 bits per heavy atom. The van der Waals surface area contributed by atoms with Crippen LogP contribution < -0.4 is 5.32 Å². The van der Waals surface area contributed by atoms with E-state index in [1.165, 1.54) is 0 Å². The Hall–Kier alpha value is -2.04. The van der Waals surface area contributed by atoms with Crippen molar-refractivity contribution in [1.29, 1.82) is 0 Å². The molecule has 1 aromatic rings. The number of rotatable bonds is 4. The lowest BCUT2D eigenvalue weighted by Crippen LogP contribution is -2.44. The lowest BCUT2D eigenvalue weighted by Gasteiger charge is -2.27. The van der Waals surface area contributed by atoms with Crippen molar-refractivity contribution in [3.63, 3.8) is 0 Å². The van der Waals surface area contributed by atoms with Gasteiger partial charge in [-0.05, 0) is 24.8 Å². The van der Waals surface area contributed by atoms with E-state index in [9.17, 15) is 14.7 Å². The predicted octanol–water partition coefficient (Wildman–Crippen LogP) is 2.05. The molecule has 1 unspecified atom stereocenters. The van der Waals surface area contributed by atoms with Crippen LogP contribution in [-0.4, -0.2) is 41.6 Å². The van der Waals surface area contributed by atoms with Crippen molar-refractivity contribution >= 4 is 12.0 Å². The third kappa shape index (κ3) is 3.73. The highest BCUT2D eigenvalue weighted by molar-refractivity contribution is 5.79. The van der Waals surface area contributed by atoms with Gasteiger partial charge in [-0.25, -0.2) is 4.79 Å². The Bertz CT molecular complexity index is 455. The van der Waals surface area contributed by atoms with E-state index >= 15 is 0 Å².